The van der Waals surface area contributed by atoms with Gasteiger partial charge in [0.2, 0.25) is 0 Å². The molecule has 0 aliphatic carbocycles. The predicted octanol–water partition coefficient (Wildman–Crippen LogP) is 5.05. The molecule has 0 radical (unpaired) electrons. The second kappa shape index (κ2) is 8.12. The van der Waals surface area contributed by atoms with Crippen LogP contribution in [-0.4, -0.2) is 9.97 Å². The highest BCUT2D eigenvalue weighted by Gasteiger charge is 2.03. The number of nitrogens with zero attached hydrogens (tertiary/aromatic N) is 2. The van der Waals surface area contributed by atoms with Crippen LogP contribution in [0.2, 0.25) is 0 Å². The van der Waals surface area contributed by atoms with Crippen LogP contribution >= 0.6 is 31.9 Å². The van der Waals surface area contributed by atoms with Gasteiger partial charge in [0, 0.05) is 12.4 Å². The molecule has 0 saturated heterocycles. The van der Waals surface area contributed by atoms with Crippen molar-refractivity contribution in [3.63, 3.8) is 0 Å². The van der Waals surface area contributed by atoms with E-state index in [4.69, 9.17) is 0 Å². The fraction of sp³-hybridized carbons (Fsp3) is 0.125. The summed E-state index contributed by atoms with van der Waals surface area (Å²) in [4.78, 5) is 12.6. The molecule has 2 aromatic heterocycles. The topological polar surface area (TPSA) is 25.8 Å². The van der Waals surface area contributed by atoms with Crippen LogP contribution in [-0.2, 0) is 12.8 Å². The molecule has 0 bridgehead atoms. The molecule has 2 aromatic rings. The van der Waals surface area contributed by atoms with Crippen molar-refractivity contribution in [2.45, 2.75) is 12.8 Å². The summed E-state index contributed by atoms with van der Waals surface area (Å²) >= 11 is 6.57. The van der Waals surface area contributed by atoms with E-state index in [0.717, 1.165) is 24.2 Å². The van der Waals surface area contributed by atoms with E-state index >= 15 is 0 Å². The summed E-state index contributed by atoms with van der Waals surface area (Å²) in [7, 11) is 0. The van der Waals surface area contributed by atoms with E-state index in [0.29, 0.717) is 0 Å². The lowest BCUT2D eigenvalue weighted by Crippen LogP contribution is -1.91. The Morgan fingerprint density at radius 2 is 1.25 bits per heavy atom. The highest BCUT2D eigenvalue weighted by Crippen LogP contribution is 2.17. The molecule has 0 spiro atoms. The van der Waals surface area contributed by atoms with E-state index in [-0.39, 0.29) is 0 Å². The summed E-state index contributed by atoms with van der Waals surface area (Å²) in [6.07, 6.45) is 9.55. The zero-order valence-corrected chi connectivity index (χ0v) is 14.0. The van der Waals surface area contributed by atoms with Gasteiger partial charge in [-0.1, -0.05) is 44.0 Å². The Kier molecular flexibility index (Phi) is 6.15. The second-order valence-electron chi connectivity index (χ2n) is 4.23. The van der Waals surface area contributed by atoms with Crippen LogP contribution in [0, 0.1) is 0 Å². The normalized spacial score (nSPS) is 11.5. The minimum atomic E-state index is 0.882. The molecule has 0 atom stereocenters. The molecule has 0 unspecified atom stereocenters. The first-order chi connectivity index (χ1) is 9.83. The van der Waals surface area contributed by atoms with Gasteiger partial charge in [-0.05, 0) is 58.2 Å². The van der Waals surface area contributed by atoms with Crippen molar-refractivity contribution in [3.05, 3.63) is 69.9 Å². The fourth-order valence-electron chi connectivity index (χ4n) is 1.84. The molecule has 2 heterocycles. The monoisotopic (exact) mass is 392 g/mol. The van der Waals surface area contributed by atoms with Crippen LogP contribution in [0.3, 0.4) is 0 Å². The van der Waals surface area contributed by atoms with Gasteiger partial charge >= 0.3 is 0 Å². The number of hydrogen-bond acceptors (Lipinski definition) is 2. The van der Waals surface area contributed by atoms with Crippen LogP contribution in [0.4, 0.5) is 0 Å². The van der Waals surface area contributed by atoms with Gasteiger partial charge in [-0.15, -0.1) is 0 Å². The third kappa shape index (κ3) is 4.39. The quantitative estimate of drug-likeness (QED) is 0.710. The van der Waals surface area contributed by atoms with Gasteiger partial charge in [0.25, 0.3) is 0 Å². The van der Waals surface area contributed by atoms with Crippen LogP contribution in [0.1, 0.15) is 11.1 Å². The first-order valence-electron chi connectivity index (χ1n) is 6.24. The lowest BCUT2D eigenvalue weighted by molar-refractivity contribution is 1.17. The summed E-state index contributed by atoms with van der Waals surface area (Å²) in [6.45, 7) is 0. The van der Waals surface area contributed by atoms with Crippen molar-refractivity contribution in [1.82, 2.24) is 9.97 Å². The standard InChI is InChI=1S/C16H14Br2N2/c17-7-1-3-13-5-9-19-15(11-13)16-12-14(4-2-8-18)6-10-20-16/h1-2,5-12H,3-4H2. The van der Waals surface area contributed by atoms with Crippen molar-refractivity contribution >= 4 is 31.9 Å². The van der Waals surface area contributed by atoms with E-state index in [2.05, 4.69) is 66.1 Å². The number of rotatable bonds is 5. The highest BCUT2D eigenvalue weighted by molar-refractivity contribution is 9.11. The van der Waals surface area contributed by atoms with E-state index in [1.165, 1.54) is 11.1 Å². The van der Waals surface area contributed by atoms with Crippen LogP contribution in [0.5, 0.6) is 0 Å². The van der Waals surface area contributed by atoms with Crippen LogP contribution < -0.4 is 0 Å². The van der Waals surface area contributed by atoms with Crippen molar-refractivity contribution in [1.29, 1.82) is 0 Å². The average molecular weight is 394 g/mol. The molecule has 0 aromatic carbocycles. The third-order valence-electron chi connectivity index (χ3n) is 2.80. The molecule has 2 nitrogen and oxygen atoms in total. The number of halogens is 2. The molecule has 0 fully saturated rings. The minimum Gasteiger partial charge on any atom is -0.255 e. The Morgan fingerprint density at radius 1 is 0.800 bits per heavy atom. The van der Waals surface area contributed by atoms with Crippen molar-refractivity contribution < 1.29 is 0 Å². The maximum Gasteiger partial charge on any atom is 0.0889 e. The summed E-state index contributed by atoms with van der Waals surface area (Å²) in [5, 5.41) is 0. The highest BCUT2D eigenvalue weighted by atomic mass is 79.9. The zero-order chi connectivity index (χ0) is 14.2. The van der Waals surface area contributed by atoms with Gasteiger partial charge in [-0.3, -0.25) is 9.97 Å². The summed E-state index contributed by atoms with van der Waals surface area (Å²) in [6, 6.07) is 8.21. The molecule has 0 aliphatic rings. The number of pyridine rings is 2. The van der Waals surface area contributed by atoms with Crippen LogP contribution in [0.15, 0.2) is 58.8 Å². The Balaban J connectivity index is 2.26. The smallest absolute Gasteiger partial charge is 0.0889 e. The molecule has 0 aliphatic heterocycles. The van der Waals surface area contributed by atoms with Gasteiger partial charge in [-0.2, -0.15) is 0 Å². The summed E-state index contributed by atoms with van der Waals surface area (Å²) in [5.41, 5.74) is 4.27. The van der Waals surface area contributed by atoms with E-state index < -0.39 is 0 Å². The summed E-state index contributed by atoms with van der Waals surface area (Å²) < 4.78 is 0. The Bertz CT molecular complexity index is 566. The van der Waals surface area contributed by atoms with Crippen LogP contribution in [0.25, 0.3) is 11.4 Å². The lowest BCUT2D eigenvalue weighted by atomic mass is 10.1. The molecule has 0 saturated carbocycles. The zero-order valence-electron chi connectivity index (χ0n) is 10.8. The molecule has 2 rings (SSSR count). The van der Waals surface area contributed by atoms with Gasteiger partial charge in [0.05, 0.1) is 11.4 Å². The van der Waals surface area contributed by atoms with Crippen molar-refractivity contribution in [2.75, 3.05) is 0 Å². The molecule has 0 amide bonds. The number of allylic oxidation sites excluding steroid dienone is 2. The Hall–Kier alpha value is -1.26. The first-order valence-corrected chi connectivity index (χ1v) is 8.07. The Labute approximate surface area is 135 Å². The van der Waals surface area contributed by atoms with Gasteiger partial charge in [0.1, 0.15) is 0 Å². The number of aromatic nitrogens is 2. The molecular formula is C16H14Br2N2. The van der Waals surface area contributed by atoms with E-state index in [9.17, 15) is 0 Å². The maximum absolute atomic E-state index is 4.41. The van der Waals surface area contributed by atoms with Crippen molar-refractivity contribution in [2.24, 2.45) is 0 Å². The summed E-state index contributed by atoms with van der Waals surface area (Å²) in [5.74, 6) is 0. The molecule has 4 heteroatoms. The molecule has 20 heavy (non-hydrogen) atoms. The fourth-order valence-corrected chi connectivity index (χ4v) is 2.22. The first kappa shape index (κ1) is 15.1. The predicted molar refractivity (Wildman–Crippen MR) is 91.0 cm³/mol. The molecule has 102 valence electrons. The van der Waals surface area contributed by atoms with Gasteiger partial charge in [0.15, 0.2) is 0 Å². The van der Waals surface area contributed by atoms with Gasteiger partial charge in [-0.25, -0.2) is 0 Å². The molecule has 0 N–H and O–H groups in total. The SMILES string of the molecule is BrC=CCc1ccnc(-c2cc(CC=CBr)ccn2)c1. The largest absolute Gasteiger partial charge is 0.255 e. The number of hydrogen-bond donors (Lipinski definition) is 0. The Morgan fingerprint density at radius 3 is 1.65 bits per heavy atom. The average Bonchev–Trinajstić information content (AvgIpc) is 2.51. The van der Waals surface area contributed by atoms with E-state index in [1.54, 1.807) is 0 Å². The maximum atomic E-state index is 4.41. The second-order valence-corrected chi connectivity index (χ2v) is 5.29. The van der Waals surface area contributed by atoms with E-state index in [1.807, 2.05) is 34.5 Å². The minimum absolute atomic E-state index is 0.882. The van der Waals surface area contributed by atoms with Gasteiger partial charge < -0.3 is 0 Å². The lowest BCUT2D eigenvalue weighted by Gasteiger charge is -2.04. The third-order valence-corrected chi connectivity index (χ3v) is 3.54. The molecular weight excluding hydrogens is 380 g/mol. The van der Waals surface area contributed by atoms with Crippen molar-refractivity contribution in [3.8, 4) is 11.4 Å².